The van der Waals surface area contributed by atoms with Crippen molar-refractivity contribution in [3.63, 3.8) is 0 Å². The lowest BCUT2D eigenvalue weighted by molar-refractivity contribution is 0.152. The molecule has 0 bridgehead atoms. The zero-order chi connectivity index (χ0) is 15.7. The topological polar surface area (TPSA) is 45.6 Å². The van der Waals surface area contributed by atoms with Gasteiger partial charge in [-0.1, -0.05) is 32.0 Å². The van der Waals surface area contributed by atoms with Crippen LogP contribution in [0.5, 0.6) is 0 Å². The summed E-state index contributed by atoms with van der Waals surface area (Å²) in [5, 5.41) is 6.39. The molecule has 0 aromatic heterocycles. The fourth-order valence-electron chi connectivity index (χ4n) is 2.02. The molecule has 0 aliphatic carbocycles. The van der Waals surface area contributed by atoms with Gasteiger partial charge in [0.1, 0.15) is 5.82 Å². The van der Waals surface area contributed by atoms with Crippen LogP contribution in [0.3, 0.4) is 0 Å². The van der Waals surface area contributed by atoms with Crippen LogP contribution in [-0.2, 0) is 10.2 Å². The van der Waals surface area contributed by atoms with Gasteiger partial charge >= 0.3 is 0 Å². The molecule has 0 saturated heterocycles. The van der Waals surface area contributed by atoms with Crippen molar-refractivity contribution in [1.29, 1.82) is 0 Å². The molecule has 0 saturated carbocycles. The summed E-state index contributed by atoms with van der Waals surface area (Å²) in [5.41, 5.74) is 0.366. The molecule has 0 amide bonds. The third-order valence-electron chi connectivity index (χ3n) is 3.27. The number of hydrogen-bond acceptors (Lipinski definition) is 2. The normalized spacial score (nSPS) is 11.8. The van der Waals surface area contributed by atoms with Crippen LogP contribution in [0.25, 0.3) is 0 Å². The molecule has 1 rings (SSSR count). The smallest absolute Gasteiger partial charge is 0.191 e. The molecular formula is C16H27FIN3O. The molecule has 0 aliphatic rings. The molecule has 0 radical (unpaired) electrons. The van der Waals surface area contributed by atoms with Gasteiger partial charge in [-0.2, -0.15) is 0 Å². The first-order valence-corrected chi connectivity index (χ1v) is 7.28. The van der Waals surface area contributed by atoms with Crippen LogP contribution < -0.4 is 10.6 Å². The van der Waals surface area contributed by atoms with Crippen LogP contribution in [0, 0.1) is 5.82 Å². The fourth-order valence-corrected chi connectivity index (χ4v) is 2.02. The van der Waals surface area contributed by atoms with E-state index in [1.807, 2.05) is 32.9 Å². The van der Waals surface area contributed by atoms with E-state index in [0.717, 1.165) is 0 Å². The Bertz CT molecular complexity index is 466. The molecule has 1 aromatic rings. The Hall–Kier alpha value is -0.890. The van der Waals surface area contributed by atoms with E-state index >= 15 is 0 Å². The van der Waals surface area contributed by atoms with Gasteiger partial charge in [-0.05, 0) is 18.6 Å². The van der Waals surface area contributed by atoms with Crippen LogP contribution >= 0.6 is 24.0 Å². The Morgan fingerprint density at radius 2 is 1.95 bits per heavy atom. The summed E-state index contributed by atoms with van der Waals surface area (Å²) < 4.78 is 19.2. The summed E-state index contributed by atoms with van der Waals surface area (Å²) in [7, 11) is 1.71. The highest BCUT2D eigenvalue weighted by Gasteiger charge is 2.24. The van der Waals surface area contributed by atoms with Crippen molar-refractivity contribution in [3.05, 3.63) is 35.6 Å². The summed E-state index contributed by atoms with van der Waals surface area (Å²) in [6.07, 6.45) is 0. The number of ether oxygens (including phenoxy) is 1. The number of nitrogens with zero attached hydrogens (tertiary/aromatic N) is 1. The number of guanidine groups is 1. The van der Waals surface area contributed by atoms with Crippen molar-refractivity contribution >= 4 is 29.9 Å². The fraction of sp³-hybridized carbons (Fsp3) is 0.562. The molecule has 4 nitrogen and oxygen atoms in total. The maximum atomic E-state index is 13.9. The molecule has 0 heterocycles. The van der Waals surface area contributed by atoms with E-state index < -0.39 is 0 Å². The molecule has 0 atom stereocenters. The molecule has 22 heavy (non-hydrogen) atoms. The zero-order valence-electron chi connectivity index (χ0n) is 13.8. The van der Waals surface area contributed by atoms with E-state index in [0.29, 0.717) is 37.8 Å². The highest BCUT2D eigenvalue weighted by atomic mass is 127. The Morgan fingerprint density at radius 1 is 1.27 bits per heavy atom. The summed E-state index contributed by atoms with van der Waals surface area (Å²) >= 11 is 0. The highest BCUT2D eigenvalue weighted by Crippen LogP contribution is 2.24. The molecule has 2 N–H and O–H groups in total. The van der Waals surface area contributed by atoms with Crippen LogP contribution in [-0.4, -0.2) is 39.3 Å². The second-order valence-corrected chi connectivity index (χ2v) is 5.41. The largest absolute Gasteiger partial charge is 0.380 e. The second-order valence-electron chi connectivity index (χ2n) is 5.41. The van der Waals surface area contributed by atoms with E-state index in [-0.39, 0.29) is 35.2 Å². The van der Waals surface area contributed by atoms with Gasteiger partial charge in [-0.3, -0.25) is 4.99 Å². The lowest BCUT2D eigenvalue weighted by atomic mass is 9.84. The van der Waals surface area contributed by atoms with Gasteiger partial charge in [0.25, 0.3) is 0 Å². The Labute approximate surface area is 149 Å². The molecule has 6 heteroatoms. The third kappa shape index (κ3) is 6.91. The Balaban J connectivity index is 0.00000441. The Morgan fingerprint density at radius 3 is 2.55 bits per heavy atom. The van der Waals surface area contributed by atoms with Gasteiger partial charge in [0.05, 0.1) is 6.61 Å². The third-order valence-corrected chi connectivity index (χ3v) is 3.27. The lowest BCUT2D eigenvalue weighted by Gasteiger charge is -2.27. The molecule has 0 unspecified atom stereocenters. The van der Waals surface area contributed by atoms with Crippen LogP contribution in [0.2, 0.25) is 0 Å². The molecule has 0 spiro atoms. The van der Waals surface area contributed by atoms with Crippen molar-refractivity contribution in [2.75, 3.05) is 33.4 Å². The average molecular weight is 423 g/mol. The van der Waals surface area contributed by atoms with Gasteiger partial charge < -0.3 is 15.4 Å². The van der Waals surface area contributed by atoms with Crippen molar-refractivity contribution < 1.29 is 9.13 Å². The van der Waals surface area contributed by atoms with Gasteiger partial charge in [0.2, 0.25) is 0 Å². The van der Waals surface area contributed by atoms with Crippen molar-refractivity contribution in [2.45, 2.75) is 26.2 Å². The molecule has 126 valence electrons. The maximum Gasteiger partial charge on any atom is 0.191 e. The van der Waals surface area contributed by atoms with E-state index in [2.05, 4.69) is 15.6 Å². The number of halogens is 2. The minimum Gasteiger partial charge on any atom is -0.380 e. The summed E-state index contributed by atoms with van der Waals surface area (Å²) in [4.78, 5) is 4.15. The van der Waals surface area contributed by atoms with E-state index in [1.165, 1.54) is 6.07 Å². The van der Waals surface area contributed by atoms with Crippen molar-refractivity contribution in [2.24, 2.45) is 4.99 Å². The average Bonchev–Trinajstić information content (AvgIpc) is 2.47. The molecule has 1 aromatic carbocycles. The number of benzene rings is 1. The lowest BCUT2D eigenvalue weighted by Crippen LogP contribution is -2.44. The van der Waals surface area contributed by atoms with E-state index in [1.54, 1.807) is 13.1 Å². The Kier molecular flexibility index (Phi) is 10.3. The minimum atomic E-state index is -0.330. The first-order chi connectivity index (χ1) is 10.0. The SMILES string of the molecule is CCOCCNC(=NC)NCC(C)(C)c1ccccc1F.I. The van der Waals surface area contributed by atoms with E-state index in [4.69, 9.17) is 4.74 Å². The van der Waals surface area contributed by atoms with Gasteiger partial charge in [-0.15, -0.1) is 24.0 Å². The zero-order valence-corrected chi connectivity index (χ0v) is 16.1. The quantitative estimate of drug-likeness (QED) is 0.307. The maximum absolute atomic E-state index is 13.9. The number of rotatable bonds is 7. The van der Waals surface area contributed by atoms with E-state index in [9.17, 15) is 4.39 Å². The van der Waals surface area contributed by atoms with Crippen molar-refractivity contribution in [1.82, 2.24) is 10.6 Å². The van der Waals surface area contributed by atoms with Crippen LogP contribution in [0.4, 0.5) is 4.39 Å². The predicted octanol–water partition coefficient (Wildman–Crippen LogP) is 2.92. The minimum absolute atomic E-state index is 0. The first kappa shape index (κ1) is 21.1. The second kappa shape index (κ2) is 10.8. The summed E-state index contributed by atoms with van der Waals surface area (Å²) in [6.45, 7) is 8.58. The number of aliphatic imine (C=N–C) groups is 1. The highest BCUT2D eigenvalue weighted by molar-refractivity contribution is 14.0. The van der Waals surface area contributed by atoms with Crippen LogP contribution in [0.15, 0.2) is 29.3 Å². The molecular weight excluding hydrogens is 396 g/mol. The number of hydrogen-bond donors (Lipinski definition) is 2. The standard InChI is InChI=1S/C16H26FN3O.HI/c1-5-21-11-10-19-15(18-4)20-12-16(2,3)13-8-6-7-9-14(13)17;/h6-9H,5,10-12H2,1-4H3,(H2,18,19,20);1H. The number of nitrogens with one attached hydrogen (secondary N) is 2. The van der Waals surface area contributed by atoms with Gasteiger partial charge in [0.15, 0.2) is 5.96 Å². The van der Waals surface area contributed by atoms with Crippen molar-refractivity contribution in [3.8, 4) is 0 Å². The first-order valence-electron chi connectivity index (χ1n) is 7.28. The van der Waals surface area contributed by atoms with Gasteiger partial charge in [0, 0.05) is 32.2 Å². The summed E-state index contributed by atoms with van der Waals surface area (Å²) in [6, 6.07) is 6.88. The summed E-state index contributed by atoms with van der Waals surface area (Å²) in [5.74, 6) is 0.516. The molecule has 0 fully saturated rings. The van der Waals surface area contributed by atoms with Gasteiger partial charge in [-0.25, -0.2) is 4.39 Å². The molecule has 0 aliphatic heterocycles. The monoisotopic (exact) mass is 423 g/mol. The van der Waals surface area contributed by atoms with Crippen LogP contribution in [0.1, 0.15) is 26.3 Å². The predicted molar refractivity (Wildman–Crippen MR) is 101 cm³/mol.